The first-order chi connectivity index (χ1) is 13.4. The Morgan fingerprint density at radius 1 is 1.04 bits per heavy atom. The van der Waals surface area contributed by atoms with E-state index in [0.29, 0.717) is 11.6 Å². The molecule has 2 aliphatic rings. The van der Waals surface area contributed by atoms with Gasteiger partial charge in [0.1, 0.15) is 0 Å². The lowest BCUT2D eigenvalue weighted by molar-refractivity contribution is 0.101. The summed E-state index contributed by atoms with van der Waals surface area (Å²) >= 11 is 0. The number of nitrogens with one attached hydrogen (secondary N) is 1. The number of hydrogen-bond acceptors (Lipinski definition) is 2. The summed E-state index contributed by atoms with van der Waals surface area (Å²) in [6.45, 7) is 7.04. The number of amides is 1. The zero-order valence-electron chi connectivity index (χ0n) is 16.6. The second-order valence-corrected chi connectivity index (χ2v) is 8.82. The minimum atomic E-state index is -0.121. The molecule has 1 heterocycles. The van der Waals surface area contributed by atoms with Gasteiger partial charge in [0.15, 0.2) is 5.69 Å². The van der Waals surface area contributed by atoms with Crippen molar-refractivity contribution >= 4 is 11.6 Å². The van der Waals surface area contributed by atoms with Crippen LogP contribution in [0.25, 0.3) is 5.69 Å². The highest BCUT2D eigenvalue weighted by molar-refractivity contribution is 6.04. The normalized spacial score (nSPS) is 24.2. The van der Waals surface area contributed by atoms with E-state index in [-0.39, 0.29) is 16.7 Å². The van der Waals surface area contributed by atoms with E-state index in [4.69, 9.17) is 5.10 Å². The third-order valence-corrected chi connectivity index (χ3v) is 7.27. The number of fused-ring (bicyclic) bond motifs is 5. The van der Waals surface area contributed by atoms with Crippen LogP contribution in [0, 0.1) is 5.41 Å². The summed E-state index contributed by atoms with van der Waals surface area (Å²) in [4.78, 5) is 13.2. The van der Waals surface area contributed by atoms with Gasteiger partial charge in [0.25, 0.3) is 5.91 Å². The molecular formula is C24H25N3O. The molecule has 5 rings (SSSR count). The van der Waals surface area contributed by atoms with Crippen LogP contribution in [0.1, 0.15) is 61.3 Å². The van der Waals surface area contributed by atoms with E-state index in [0.717, 1.165) is 29.8 Å². The van der Waals surface area contributed by atoms with Gasteiger partial charge in [0.2, 0.25) is 0 Å². The number of carbonyl (C=O) groups is 1. The lowest BCUT2D eigenvalue weighted by Crippen LogP contribution is -2.33. The number of aromatic nitrogens is 2. The largest absolute Gasteiger partial charge is 0.321 e. The third-order valence-electron chi connectivity index (χ3n) is 7.27. The second-order valence-electron chi connectivity index (χ2n) is 8.82. The van der Waals surface area contributed by atoms with E-state index in [1.54, 1.807) is 0 Å². The number of anilines is 1. The average molecular weight is 371 g/mol. The van der Waals surface area contributed by atoms with E-state index in [9.17, 15) is 4.79 Å². The van der Waals surface area contributed by atoms with Crippen LogP contribution in [0.15, 0.2) is 60.7 Å². The predicted octanol–water partition coefficient (Wildman–Crippen LogP) is 5.30. The summed E-state index contributed by atoms with van der Waals surface area (Å²) < 4.78 is 2.02. The van der Waals surface area contributed by atoms with Crippen molar-refractivity contribution in [2.24, 2.45) is 5.41 Å². The SMILES string of the molecule is CC1(C)[C@@H]2CC[C@]1(C)c1c2c(C(=O)Nc2ccccc2)nn1-c1ccccc1. The molecule has 0 aliphatic heterocycles. The molecule has 0 radical (unpaired) electrons. The molecule has 0 unspecified atom stereocenters. The Morgan fingerprint density at radius 2 is 1.68 bits per heavy atom. The first kappa shape index (κ1) is 17.2. The average Bonchev–Trinajstić information content (AvgIpc) is 3.26. The van der Waals surface area contributed by atoms with E-state index in [2.05, 4.69) is 38.2 Å². The van der Waals surface area contributed by atoms with Crippen LogP contribution in [-0.4, -0.2) is 15.7 Å². The quantitative estimate of drug-likeness (QED) is 0.679. The van der Waals surface area contributed by atoms with Gasteiger partial charge < -0.3 is 5.32 Å². The molecule has 2 aromatic carbocycles. The molecule has 3 aromatic rings. The van der Waals surface area contributed by atoms with Crippen molar-refractivity contribution in [2.75, 3.05) is 5.32 Å². The van der Waals surface area contributed by atoms with Crippen molar-refractivity contribution < 1.29 is 4.79 Å². The number of hydrogen-bond donors (Lipinski definition) is 1. The highest BCUT2D eigenvalue weighted by Gasteiger charge is 2.63. The number of para-hydroxylation sites is 2. The third kappa shape index (κ3) is 2.17. The fourth-order valence-corrected chi connectivity index (χ4v) is 5.36. The summed E-state index contributed by atoms with van der Waals surface area (Å²) in [5.41, 5.74) is 4.88. The lowest BCUT2D eigenvalue weighted by atomic mass is 9.70. The second kappa shape index (κ2) is 5.81. The standard InChI is InChI=1S/C24H25N3O/c1-23(2)18-14-15-24(23,3)21-19(18)20(22(28)25-16-10-6-4-7-11-16)26-27(21)17-12-8-5-9-13-17/h4-13,18H,14-15H2,1-3H3,(H,25,28)/t18-,24-/m1/s1. The van der Waals surface area contributed by atoms with Crippen LogP contribution < -0.4 is 5.32 Å². The van der Waals surface area contributed by atoms with Gasteiger partial charge in [-0.25, -0.2) is 4.68 Å². The maximum Gasteiger partial charge on any atom is 0.276 e. The highest BCUT2D eigenvalue weighted by Crippen LogP contribution is 2.68. The summed E-state index contributed by atoms with van der Waals surface area (Å²) in [7, 11) is 0. The smallest absolute Gasteiger partial charge is 0.276 e. The lowest BCUT2D eigenvalue weighted by Gasteiger charge is -2.35. The first-order valence-corrected chi connectivity index (χ1v) is 9.99. The molecule has 142 valence electrons. The molecule has 2 aliphatic carbocycles. The fraction of sp³-hybridized carbons (Fsp3) is 0.333. The monoisotopic (exact) mass is 371 g/mol. The van der Waals surface area contributed by atoms with Gasteiger partial charge in [-0.1, -0.05) is 57.2 Å². The topological polar surface area (TPSA) is 46.9 Å². The van der Waals surface area contributed by atoms with Gasteiger partial charge in [0.05, 0.1) is 11.4 Å². The Bertz CT molecular complexity index is 1050. The number of nitrogens with zero attached hydrogens (tertiary/aromatic N) is 2. The number of benzene rings is 2. The van der Waals surface area contributed by atoms with Crippen molar-refractivity contribution in [3.05, 3.63) is 77.6 Å². The maximum absolute atomic E-state index is 13.2. The Kier molecular flexibility index (Phi) is 3.57. The number of rotatable bonds is 3. The molecule has 1 amide bonds. The molecule has 2 bridgehead atoms. The van der Waals surface area contributed by atoms with Crippen LogP contribution in [0.2, 0.25) is 0 Å². The van der Waals surface area contributed by atoms with Crippen molar-refractivity contribution in [1.29, 1.82) is 0 Å². The van der Waals surface area contributed by atoms with Gasteiger partial charge in [-0.05, 0) is 48.4 Å². The molecule has 4 nitrogen and oxygen atoms in total. The van der Waals surface area contributed by atoms with Crippen molar-refractivity contribution in [3.63, 3.8) is 0 Å². The van der Waals surface area contributed by atoms with Crippen LogP contribution >= 0.6 is 0 Å². The summed E-state index contributed by atoms with van der Waals surface area (Å²) in [6.07, 6.45) is 2.25. The van der Waals surface area contributed by atoms with Crippen molar-refractivity contribution in [3.8, 4) is 5.69 Å². The van der Waals surface area contributed by atoms with Gasteiger partial charge in [0, 0.05) is 16.7 Å². The van der Waals surface area contributed by atoms with Gasteiger partial charge in [-0.3, -0.25) is 4.79 Å². The van der Waals surface area contributed by atoms with Crippen LogP contribution in [0.3, 0.4) is 0 Å². The minimum Gasteiger partial charge on any atom is -0.321 e. The number of carbonyl (C=O) groups excluding carboxylic acids is 1. The first-order valence-electron chi connectivity index (χ1n) is 9.99. The Morgan fingerprint density at radius 3 is 2.36 bits per heavy atom. The van der Waals surface area contributed by atoms with Crippen molar-refractivity contribution in [1.82, 2.24) is 9.78 Å². The highest BCUT2D eigenvalue weighted by atomic mass is 16.2. The van der Waals surface area contributed by atoms with E-state index in [1.165, 1.54) is 5.69 Å². The zero-order chi connectivity index (χ0) is 19.5. The zero-order valence-corrected chi connectivity index (χ0v) is 16.6. The van der Waals surface area contributed by atoms with Crippen LogP contribution in [-0.2, 0) is 5.41 Å². The fourth-order valence-electron chi connectivity index (χ4n) is 5.36. The van der Waals surface area contributed by atoms with Gasteiger partial charge in [-0.2, -0.15) is 5.10 Å². The van der Waals surface area contributed by atoms with Crippen molar-refractivity contribution in [2.45, 2.75) is 44.9 Å². The molecule has 2 atom stereocenters. The van der Waals surface area contributed by atoms with Gasteiger partial charge in [-0.15, -0.1) is 0 Å². The molecule has 1 aromatic heterocycles. The Labute approximate surface area is 165 Å². The Hall–Kier alpha value is -2.88. The minimum absolute atomic E-state index is 0.0150. The summed E-state index contributed by atoms with van der Waals surface area (Å²) in [6, 6.07) is 19.8. The molecule has 1 saturated carbocycles. The van der Waals surface area contributed by atoms with Crippen LogP contribution in [0.5, 0.6) is 0 Å². The molecule has 0 saturated heterocycles. The molecule has 28 heavy (non-hydrogen) atoms. The molecule has 4 heteroatoms. The van der Waals surface area contributed by atoms with E-state index < -0.39 is 0 Å². The molecule has 1 N–H and O–H groups in total. The molecular weight excluding hydrogens is 346 g/mol. The maximum atomic E-state index is 13.2. The van der Waals surface area contributed by atoms with Crippen LogP contribution in [0.4, 0.5) is 5.69 Å². The Balaban J connectivity index is 1.68. The van der Waals surface area contributed by atoms with E-state index in [1.807, 2.05) is 53.2 Å². The van der Waals surface area contributed by atoms with Gasteiger partial charge >= 0.3 is 0 Å². The molecule has 0 spiro atoms. The summed E-state index contributed by atoms with van der Waals surface area (Å²) in [5.74, 6) is 0.241. The predicted molar refractivity (Wildman–Crippen MR) is 111 cm³/mol. The molecule has 1 fully saturated rings. The van der Waals surface area contributed by atoms with E-state index >= 15 is 0 Å². The summed E-state index contributed by atoms with van der Waals surface area (Å²) in [5, 5.41) is 7.89.